The Morgan fingerprint density at radius 2 is 1.81 bits per heavy atom. The predicted octanol–water partition coefficient (Wildman–Crippen LogP) is 4.26. The van der Waals surface area contributed by atoms with Crippen molar-refractivity contribution in [3.63, 3.8) is 0 Å². The average Bonchev–Trinajstić information content (AvgIpc) is 2.48. The van der Waals surface area contributed by atoms with Crippen LogP contribution in [0.4, 0.5) is 0 Å². The van der Waals surface area contributed by atoms with E-state index in [1.807, 2.05) is 6.92 Å². The lowest BCUT2D eigenvalue weighted by Gasteiger charge is -2.27. The van der Waals surface area contributed by atoms with E-state index in [0.29, 0.717) is 5.92 Å². The first kappa shape index (κ1) is 15.9. The van der Waals surface area contributed by atoms with Crippen molar-refractivity contribution in [2.45, 2.75) is 52.5 Å². The molecule has 0 radical (unpaired) electrons. The number of fused-ring (bicyclic) bond motifs is 1. The maximum atomic E-state index is 5.87. The summed E-state index contributed by atoms with van der Waals surface area (Å²) >= 11 is 0. The Kier molecular flexibility index (Phi) is 5.71. The van der Waals surface area contributed by atoms with Crippen LogP contribution in [0.5, 0.6) is 0 Å². The Hall–Kier alpha value is -1.45. The Bertz CT molecular complexity index is 574. The number of hydrogen-bond donors (Lipinski definition) is 2. The van der Waals surface area contributed by atoms with Crippen LogP contribution in [0.2, 0.25) is 0 Å². The van der Waals surface area contributed by atoms with E-state index in [9.17, 15) is 0 Å². The number of hydrazine groups is 1. The molecule has 0 aliphatic heterocycles. The quantitative estimate of drug-likeness (QED) is 0.590. The van der Waals surface area contributed by atoms with E-state index in [2.05, 4.69) is 54.6 Å². The highest BCUT2D eigenvalue weighted by atomic mass is 15.2. The van der Waals surface area contributed by atoms with Gasteiger partial charge >= 0.3 is 0 Å². The van der Waals surface area contributed by atoms with Gasteiger partial charge in [-0.2, -0.15) is 0 Å². The zero-order valence-electron chi connectivity index (χ0n) is 13.4. The Morgan fingerprint density at radius 1 is 1.10 bits per heavy atom. The zero-order chi connectivity index (χ0) is 15.2. The fraction of sp³-hybridized carbons (Fsp3) is 0.500. The zero-order valence-corrected chi connectivity index (χ0v) is 13.4. The van der Waals surface area contributed by atoms with Crippen LogP contribution in [0.3, 0.4) is 0 Å². The smallest absolute Gasteiger partial charge is 0.0705 e. The lowest BCUT2D eigenvalue weighted by Crippen LogP contribution is -2.33. The second-order valence-corrected chi connectivity index (χ2v) is 5.89. The molecule has 0 bridgehead atoms. The maximum absolute atomic E-state index is 5.87. The Labute approximate surface area is 127 Å². The molecule has 1 atom stereocenters. The molecule has 0 saturated carbocycles. The highest BCUT2D eigenvalue weighted by Gasteiger charge is 2.21. The summed E-state index contributed by atoms with van der Waals surface area (Å²) < 4.78 is 0. The number of hydrogen-bond acceptors (Lipinski definition) is 3. The van der Waals surface area contributed by atoms with Crippen molar-refractivity contribution in [2.24, 2.45) is 11.8 Å². The minimum Gasteiger partial charge on any atom is -0.271 e. The van der Waals surface area contributed by atoms with Gasteiger partial charge in [0.2, 0.25) is 0 Å². The van der Waals surface area contributed by atoms with Crippen molar-refractivity contribution >= 4 is 10.9 Å². The molecule has 3 N–H and O–H groups in total. The van der Waals surface area contributed by atoms with Gasteiger partial charge in [0.15, 0.2) is 0 Å². The van der Waals surface area contributed by atoms with Gasteiger partial charge in [-0.15, -0.1) is 0 Å². The number of aryl methyl sites for hydroxylation is 1. The molecule has 0 fully saturated rings. The molecule has 2 aromatic rings. The number of nitrogens with two attached hydrogens (primary N) is 1. The van der Waals surface area contributed by atoms with Crippen LogP contribution in [0, 0.1) is 12.8 Å². The third kappa shape index (κ3) is 3.80. The van der Waals surface area contributed by atoms with Gasteiger partial charge in [-0.25, -0.2) is 0 Å². The van der Waals surface area contributed by atoms with Gasteiger partial charge in [0.05, 0.1) is 5.52 Å². The van der Waals surface area contributed by atoms with E-state index in [1.54, 1.807) is 0 Å². The first-order valence-corrected chi connectivity index (χ1v) is 8.03. The number of benzene rings is 1. The van der Waals surface area contributed by atoms with E-state index in [-0.39, 0.29) is 6.04 Å². The van der Waals surface area contributed by atoms with Gasteiger partial charge in [-0.3, -0.25) is 16.3 Å². The number of rotatable bonds is 7. The largest absolute Gasteiger partial charge is 0.271 e. The second-order valence-electron chi connectivity index (χ2n) is 5.89. The predicted molar refractivity (Wildman–Crippen MR) is 89.9 cm³/mol. The first-order valence-electron chi connectivity index (χ1n) is 8.03. The average molecular weight is 285 g/mol. The van der Waals surface area contributed by atoms with Crippen LogP contribution < -0.4 is 11.3 Å². The maximum Gasteiger partial charge on any atom is 0.0705 e. The fourth-order valence-electron chi connectivity index (χ4n) is 3.16. The van der Waals surface area contributed by atoms with Crippen molar-refractivity contribution in [3.05, 3.63) is 41.6 Å². The number of nitrogens with zero attached hydrogens (tertiary/aromatic N) is 1. The van der Waals surface area contributed by atoms with Crippen LogP contribution in [0.1, 0.15) is 56.8 Å². The first-order chi connectivity index (χ1) is 10.2. The van der Waals surface area contributed by atoms with Gasteiger partial charge in [-0.1, -0.05) is 38.8 Å². The fourth-order valence-corrected chi connectivity index (χ4v) is 3.16. The monoisotopic (exact) mass is 285 g/mol. The second kappa shape index (κ2) is 7.53. The molecule has 1 unspecified atom stereocenters. The molecule has 0 saturated heterocycles. The van der Waals surface area contributed by atoms with E-state index in [4.69, 9.17) is 5.84 Å². The molecule has 2 rings (SSSR count). The molecule has 21 heavy (non-hydrogen) atoms. The Morgan fingerprint density at radius 3 is 2.43 bits per heavy atom. The van der Waals surface area contributed by atoms with Crippen LogP contribution in [0.15, 0.2) is 30.3 Å². The number of nitrogens with one attached hydrogen (secondary N) is 1. The van der Waals surface area contributed by atoms with E-state index >= 15 is 0 Å². The molecule has 1 aromatic heterocycles. The summed E-state index contributed by atoms with van der Waals surface area (Å²) in [5.74, 6) is 6.45. The summed E-state index contributed by atoms with van der Waals surface area (Å²) in [4.78, 5) is 4.57. The standard InChI is InChI=1S/C18H27N3/c1-4-6-14(7-5-2)18(21-19)16-10-11-17-15(12-16)9-8-13(3)20-17/h8-12,14,18,21H,4-7,19H2,1-3H3. The van der Waals surface area contributed by atoms with Crippen LogP contribution in [0.25, 0.3) is 10.9 Å². The summed E-state index contributed by atoms with van der Waals surface area (Å²) in [6.45, 7) is 6.50. The summed E-state index contributed by atoms with van der Waals surface area (Å²) in [7, 11) is 0. The van der Waals surface area contributed by atoms with Crippen molar-refractivity contribution in [2.75, 3.05) is 0 Å². The molecule has 0 aliphatic carbocycles. The lowest BCUT2D eigenvalue weighted by molar-refractivity contribution is 0.319. The van der Waals surface area contributed by atoms with E-state index in [0.717, 1.165) is 11.2 Å². The van der Waals surface area contributed by atoms with Gasteiger partial charge in [0.25, 0.3) is 0 Å². The van der Waals surface area contributed by atoms with Gasteiger partial charge in [0.1, 0.15) is 0 Å². The number of pyridine rings is 1. The van der Waals surface area contributed by atoms with Gasteiger partial charge in [0, 0.05) is 17.1 Å². The van der Waals surface area contributed by atoms with Gasteiger partial charge < -0.3 is 0 Å². The SMILES string of the molecule is CCCC(CCC)C(NN)c1ccc2nc(C)ccc2c1. The van der Waals surface area contributed by atoms with Gasteiger partial charge in [-0.05, 0) is 49.4 Å². The summed E-state index contributed by atoms with van der Waals surface area (Å²) in [6.07, 6.45) is 4.79. The molecule has 0 amide bonds. The van der Waals surface area contributed by atoms with Crippen molar-refractivity contribution in [3.8, 4) is 0 Å². The molecule has 1 heterocycles. The molecule has 3 nitrogen and oxygen atoms in total. The molecule has 0 spiro atoms. The molecule has 1 aromatic carbocycles. The highest BCUT2D eigenvalue weighted by Crippen LogP contribution is 2.30. The topological polar surface area (TPSA) is 50.9 Å². The van der Waals surface area contributed by atoms with Crippen LogP contribution in [-0.4, -0.2) is 4.98 Å². The lowest BCUT2D eigenvalue weighted by atomic mass is 9.86. The minimum atomic E-state index is 0.218. The summed E-state index contributed by atoms with van der Waals surface area (Å²) in [6, 6.07) is 10.9. The molecule has 3 heteroatoms. The molecular formula is C18H27N3. The number of aromatic nitrogens is 1. The van der Waals surface area contributed by atoms with E-state index in [1.165, 1.54) is 36.6 Å². The van der Waals surface area contributed by atoms with Crippen LogP contribution >= 0.6 is 0 Å². The van der Waals surface area contributed by atoms with Crippen LogP contribution in [-0.2, 0) is 0 Å². The highest BCUT2D eigenvalue weighted by molar-refractivity contribution is 5.79. The third-order valence-corrected chi connectivity index (χ3v) is 4.18. The third-order valence-electron chi connectivity index (χ3n) is 4.18. The molecule has 0 aliphatic rings. The van der Waals surface area contributed by atoms with Crippen molar-refractivity contribution in [1.29, 1.82) is 0 Å². The summed E-state index contributed by atoms with van der Waals surface area (Å²) in [5, 5.41) is 1.19. The minimum absolute atomic E-state index is 0.218. The molecular weight excluding hydrogens is 258 g/mol. The normalized spacial score (nSPS) is 13.0. The summed E-state index contributed by atoms with van der Waals surface area (Å²) in [5.41, 5.74) is 6.42. The Balaban J connectivity index is 2.34. The van der Waals surface area contributed by atoms with Crippen molar-refractivity contribution < 1.29 is 0 Å². The van der Waals surface area contributed by atoms with E-state index < -0.39 is 0 Å². The van der Waals surface area contributed by atoms with Crippen molar-refractivity contribution in [1.82, 2.24) is 10.4 Å². The molecule has 114 valence electrons.